The van der Waals surface area contributed by atoms with E-state index in [4.69, 9.17) is 0 Å². The fourth-order valence-corrected chi connectivity index (χ4v) is 3.67. The Hall–Kier alpha value is -0.960. The van der Waals surface area contributed by atoms with Crippen molar-refractivity contribution < 1.29 is 4.79 Å². The number of carbonyl (C=O) groups excluding carboxylic acids is 1. The number of hydrogen-bond acceptors (Lipinski definition) is 2. The molecule has 3 heteroatoms. The molecule has 0 bridgehead atoms. The minimum Gasteiger partial charge on any atom is -0.342 e. The first-order chi connectivity index (χ1) is 7.70. The van der Waals surface area contributed by atoms with Gasteiger partial charge in [0.2, 0.25) is 5.91 Å². The van der Waals surface area contributed by atoms with Crippen LogP contribution in [0.4, 0.5) is 0 Å². The predicted octanol–water partition coefficient (Wildman–Crippen LogP) is 3.19. The lowest BCUT2D eigenvalue weighted by molar-refractivity contribution is -0.119. The quantitative estimate of drug-likeness (QED) is 0.815. The van der Waals surface area contributed by atoms with E-state index >= 15 is 0 Å². The van der Waals surface area contributed by atoms with E-state index < -0.39 is 0 Å². The van der Waals surface area contributed by atoms with Gasteiger partial charge in [-0.25, -0.2) is 0 Å². The van der Waals surface area contributed by atoms with Crippen molar-refractivity contribution in [2.45, 2.75) is 42.4 Å². The highest BCUT2D eigenvalue weighted by Crippen LogP contribution is 2.43. The van der Waals surface area contributed by atoms with Crippen molar-refractivity contribution in [1.82, 2.24) is 5.32 Å². The van der Waals surface area contributed by atoms with Gasteiger partial charge in [0.25, 0.3) is 0 Å². The Morgan fingerprint density at radius 3 is 2.44 bits per heavy atom. The van der Waals surface area contributed by atoms with Gasteiger partial charge in [-0.3, -0.25) is 4.79 Å². The van der Waals surface area contributed by atoms with Crippen molar-refractivity contribution in [3.05, 3.63) is 30.3 Å². The topological polar surface area (TPSA) is 29.1 Å². The summed E-state index contributed by atoms with van der Waals surface area (Å²) < 4.78 is 0. The van der Waals surface area contributed by atoms with Gasteiger partial charge >= 0.3 is 0 Å². The molecule has 1 N–H and O–H groups in total. The Bertz CT molecular complexity index is 357. The summed E-state index contributed by atoms with van der Waals surface area (Å²) in [6.07, 6.45) is 4.57. The number of benzene rings is 1. The van der Waals surface area contributed by atoms with Gasteiger partial charge in [-0.1, -0.05) is 42.8 Å². The normalized spacial score (nSPS) is 18.3. The van der Waals surface area contributed by atoms with Crippen molar-refractivity contribution in [2.24, 2.45) is 0 Å². The molecule has 0 atom stereocenters. The maximum Gasteiger partial charge on any atom is 0.217 e. The molecule has 0 unspecified atom stereocenters. The number of nitrogens with one attached hydrogen (secondary N) is 1. The first-order valence-electron chi connectivity index (χ1n) is 5.73. The molecule has 2 rings (SSSR count). The van der Waals surface area contributed by atoms with Crippen LogP contribution in [0, 0.1) is 0 Å². The molecule has 16 heavy (non-hydrogen) atoms. The molecule has 1 aromatic rings. The standard InChI is InChI=1S/C13H17NOS/c1-11(15)14-13(9-5-6-10-13)16-12-7-3-2-4-8-12/h2-4,7-8H,5-6,9-10H2,1H3,(H,14,15). The summed E-state index contributed by atoms with van der Waals surface area (Å²) in [7, 11) is 0. The second kappa shape index (κ2) is 4.91. The Balaban J connectivity index is 2.11. The molecular formula is C13H17NOS. The summed E-state index contributed by atoms with van der Waals surface area (Å²) in [5.74, 6) is 0.0744. The zero-order chi connectivity index (χ0) is 11.4. The molecule has 1 aromatic carbocycles. The third-order valence-corrected chi connectivity index (χ3v) is 4.28. The number of thioether (sulfide) groups is 1. The first kappa shape index (κ1) is 11.5. The molecule has 0 heterocycles. The molecule has 0 saturated heterocycles. The van der Waals surface area contributed by atoms with Gasteiger partial charge < -0.3 is 5.32 Å². The van der Waals surface area contributed by atoms with Gasteiger partial charge in [-0.15, -0.1) is 0 Å². The largest absolute Gasteiger partial charge is 0.342 e. The van der Waals surface area contributed by atoms with E-state index in [2.05, 4.69) is 17.4 Å². The molecule has 86 valence electrons. The van der Waals surface area contributed by atoms with E-state index in [-0.39, 0.29) is 10.8 Å². The van der Waals surface area contributed by atoms with Crippen LogP contribution in [-0.2, 0) is 4.79 Å². The molecule has 0 aromatic heterocycles. The van der Waals surface area contributed by atoms with Crippen LogP contribution in [0.5, 0.6) is 0 Å². The van der Waals surface area contributed by atoms with Crippen molar-refractivity contribution in [3.63, 3.8) is 0 Å². The van der Waals surface area contributed by atoms with Crippen molar-refractivity contribution in [1.29, 1.82) is 0 Å². The molecule has 0 aliphatic heterocycles. The summed E-state index contributed by atoms with van der Waals surface area (Å²) in [4.78, 5) is 12.4. The van der Waals surface area contributed by atoms with Gasteiger partial charge in [-0.2, -0.15) is 0 Å². The smallest absolute Gasteiger partial charge is 0.217 e. The van der Waals surface area contributed by atoms with E-state index in [9.17, 15) is 4.79 Å². The zero-order valence-corrected chi connectivity index (χ0v) is 10.3. The van der Waals surface area contributed by atoms with Gasteiger partial charge in [0.05, 0.1) is 4.87 Å². The monoisotopic (exact) mass is 235 g/mol. The average Bonchev–Trinajstić information content (AvgIpc) is 2.66. The molecule has 2 nitrogen and oxygen atoms in total. The Kier molecular flexibility index (Phi) is 3.54. The lowest BCUT2D eigenvalue weighted by Crippen LogP contribution is -2.42. The Morgan fingerprint density at radius 1 is 1.25 bits per heavy atom. The van der Waals surface area contributed by atoms with Crippen LogP contribution < -0.4 is 5.32 Å². The van der Waals surface area contributed by atoms with Gasteiger partial charge in [0.15, 0.2) is 0 Å². The van der Waals surface area contributed by atoms with Crippen LogP contribution in [0.1, 0.15) is 32.6 Å². The van der Waals surface area contributed by atoms with E-state index in [0.717, 1.165) is 12.8 Å². The number of carbonyl (C=O) groups is 1. The molecule has 1 saturated carbocycles. The number of amides is 1. The van der Waals surface area contributed by atoms with Crippen LogP contribution in [-0.4, -0.2) is 10.8 Å². The Morgan fingerprint density at radius 2 is 1.88 bits per heavy atom. The van der Waals surface area contributed by atoms with E-state index in [1.54, 1.807) is 18.7 Å². The fourth-order valence-electron chi connectivity index (χ4n) is 2.23. The molecule has 0 spiro atoms. The van der Waals surface area contributed by atoms with Crippen LogP contribution >= 0.6 is 11.8 Å². The highest BCUT2D eigenvalue weighted by Gasteiger charge is 2.35. The minimum atomic E-state index is -0.0623. The van der Waals surface area contributed by atoms with E-state index in [0.29, 0.717) is 0 Å². The maximum atomic E-state index is 11.3. The van der Waals surface area contributed by atoms with Crippen molar-refractivity contribution in [3.8, 4) is 0 Å². The lowest BCUT2D eigenvalue weighted by Gasteiger charge is -2.29. The molecule has 1 amide bonds. The van der Waals surface area contributed by atoms with Crippen LogP contribution in [0.2, 0.25) is 0 Å². The van der Waals surface area contributed by atoms with Gasteiger partial charge in [0, 0.05) is 11.8 Å². The van der Waals surface area contributed by atoms with E-state index in [1.807, 2.05) is 18.2 Å². The summed E-state index contributed by atoms with van der Waals surface area (Å²) in [6.45, 7) is 1.60. The minimum absolute atomic E-state index is 0.0623. The maximum absolute atomic E-state index is 11.3. The average molecular weight is 235 g/mol. The van der Waals surface area contributed by atoms with Crippen LogP contribution in [0.15, 0.2) is 35.2 Å². The molecular weight excluding hydrogens is 218 g/mol. The second-order valence-electron chi connectivity index (χ2n) is 4.30. The summed E-state index contributed by atoms with van der Waals surface area (Å²) in [6, 6.07) is 10.3. The third kappa shape index (κ3) is 2.79. The van der Waals surface area contributed by atoms with Gasteiger partial charge in [0.1, 0.15) is 0 Å². The SMILES string of the molecule is CC(=O)NC1(Sc2ccccc2)CCCC1. The molecule has 1 fully saturated rings. The summed E-state index contributed by atoms with van der Waals surface area (Å²) >= 11 is 1.80. The zero-order valence-electron chi connectivity index (χ0n) is 9.53. The summed E-state index contributed by atoms with van der Waals surface area (Å²) in [5.41, 5.74) is 0. The van der Waals surface area contributed by atoms with Crippen molar-refractivity contribution in [2.75, 3.05) is 0 Å². The highest BCUT2D eigenvalue weighted by atomic mass is 32.2. The van der Waals surface area contributed by atoms with Crippen LogP contribution in [0.3, 0.4) is 0 Å². The Labute approximate surface area is 101 Å². The van der Waals surface area contributed by atoms with Gasteiger partial charge in [-0.05, 0) is 25.0 Å². The number of hydrogen-bond donors (Lipinski definition) is 1. The molecule has 1 aliphatic carbocycles. The summed E-state index contributed by atoms with van der Waals surface area (Å²) in [5, 5.41) is 3.13. The first-order valence-corrected chi connectivity index (χ1v) is 6.55. The van der Waals surface area contributed by atoms with E-state index in [1.165, 1.54) is 17.7 Å². The fraction of sp³-hybridized carbons (Fsp3) is 0.462. The highest BCUT2D eigenvalue weighted by molar-refractivity contribution is 8.00. The number of rotatable bonds is 3. The lowest BCUT2D eigenvalue weighted by atomic mass is 10.2. The second-order valence-corrected chi connectivity index (χ2v) is 5.75. The van der Waals surface area contributed by atoms with Crippen LogP contribution in [0.25, 0.3) is 0 Å². The van der Waals surface area contributed by atoms with Crippen molar-refractivity contribution >= 4 is 17.7 Å². The molecule has 1 aliphatic rings. The third-order valence-electron chi connectivity index (χ3n) is 2.87. The predicted molar refractivity (Wildman–Crippen MR) is 67.3 cm³/mol. The molecule has 0 radical (unpaired) electrons.